The Morgan fingerprint density at radius 3 is 2.52 bits per heavy atom. The van der Waals surface area contributed by atoms with Crippen LogP contribution in [0.3, 0.4) is 0 Å². The molecule has 29 heavy (non-hydrogen) atoms. The van der Waals surface area contributed by atoms with Crippen molar-refractivity contribution in [2.24, 2.45) is 5.92 Å². The topological polar surface area (TPSA) is 102 Å². The van der Waals surface area contributed by atoms with Crippen molar-refractivity contribution in [3.8, 4) is 0 Å². The number of hydrogen-bond donors (Lipinski definition) is 2. The summed E-state index contributed by atoms with van der Waals surface area (Å²) in [5.74, 6) is -1.24. The second-order valence-electron chi connectivity index (χ2n) is 7.22. The second-order valence-corrected chi connectivity index (χ2v) is 7.58. The summed E-state index contributed by atoms with van der Waals surface area (Å²) in [5.41, 5.74) is 3.02. The molecule has 0 saturated heterocycles. The minimum atomic E-state index is -0.771. The molecule has 1 heterocycles. The molecule has 3 amide bonds. The third-order valence-electron chi connectivity index (χ3n) is 4.03. The van der Waals surface area contributed by atoms with E-state index in [0.29, 0.717) is 17.9 Å². The van der Waals surface area contributed by atoms with Gasteiger partial charge in [0.1, 0.15) is 10.7 Å². The van der Waals surface area contributed by atoms with Gasteiger partial charge in [0.15, 0.2) is 6.61 Å². The molecule has 0 aliphatic carbocycles. The normalized spacial score (nSPS) is 10.7. The Labute approximate surface area is 174 Å². The molecule has 8 nitrogen and oxygen atoms in total. The van der Waals surface area contributed by atoms with Gasteiger partial charge in [0.25, 0.3) is 5.91 Å². The molecule has 0 spiro atoms. The Kier molecular flexibility index (Phi) is 7.39. The zero-order chi connectivity index (χ0) is 21.7. The van der Waals surface area contributed by atoms with Crippen molar-refractivity contribution in [1.29, 1.82) is 0 Å². The Hall–Kier alpha value is -2.87. The molecular weight excluding hydrogens is 396 g/mol. The number of halogens is 1. The first-order valence-corrected chi connectivity index (χ1v) is 9.54. The van der Waals surface area contributed by atoms with Gasteiger partial charge in [-0.2, -0.15) is 5.10 Å². The van der Waals surface area contributed by atoms with Gasteiger partial charge in [-0.15, -0.1) is 0 Å². The number of nitrogens with zero attached hydrogens (tertiary/aromatic N) is 2. The van der Waals surface area contributed by atoms with Gasteiger partial charge in [-0.1, -0.05) is 43.1 Å². The molecule has 1 aromatic carbocycles. The maximum absolute atomic E-state index is 12.3. The van der Waals surface area contributed by atoms with E-state index in [0.717, 1.165) is 11.1 Å². The smallest absolute Gasteiger partial charge is 0.343 e. The molecule has 9 heteroatoms. The number of carbonyl (C=O) groups excluding carboxylic acids is 3. The lowest BCUT2D eigenvalue weighted by Gasteiger charge is -2.10. The first-order chi connectivity index (χ1) is 13.6. The minimum absolute atomic E-state index is 0.111. The van der Waals surface area contributed by atoms with Crippen LogP contribution in [0.25, 0.3) is 0 Å². The van der Waals surface area contributed by atoms with Gasteiger partial charge >= 0.3 is 12.0 Å². The number of anilines is 1. The van der Waals surface area contributed by atoms with Crippen molar-refractivity contribution in [2.45, 2.75) is 41.2 Å². The fourth-order valence-electron chi connectivity index (χ4n) is 2.73. The Bertz CT molecular complexity index is 937. The number of benzene rings is 1. The predicted molar refractivity (Wildman–Crippen MR) is 110 cm³/mol. The monoisotopic (exact) mass is 420 g/mol. The zero-order valence-corrected chi connectivity index (χ0v) is 17.9. The van der Waals surface area contributed by atoms with Crippen LogP contribution < -0.4 is 10.6 Å². The van der Waals surface area contributed by atoms with Gasteiger partial charge in [0.05, 0.1) is 5.69 Å². The van der Waals surface area contributed by atoms with Gasteiger partial charge in [-0.25, -0.2) is 9.59 Å². The van der Waals surface area contributed by atoms with Gasteiger partial charge in [-0.05, 0) is 38.3 Å². The molecule has 0 aliphatic rings. The maximum Gasteiger partial charge on any atom is 0.343 e. The number of carbonyl (C=O) groups is 3. The van der Waals surface area contributed by atoms with Crippen LogP contribution >= 0.6 is 11.6 Å². The van der Waals surface area contributed by atoms with E-state index in [1.165, 1.54) is 4.68 Å². The SMILES string of the molecule is Cc1ccc(NC(=O)NC(=O)COC(=O)c2c(C)nn(CC(C)C)c2Cl)c(C)c1. The van der Waals surface area contributed by atoms with Crippen LogP contribution in [-0.4, -0.2) is 34.3 Å². The summed E-state index contributed by atoms with van der Waals surface area (Å²) in [6.45, 7) is 9.34. The van der Waals surface area contributed by atoms with Crippen LogP contribution in [-0.2, 0) is 16.1 Å². The summed E-state index contributed by atoms with van der Waals surface area (Å²) in [7, 11) is 0. The molecule has 0 saturated carbocycles. The summed E-state index contributed by atoms with van der Waals surface area (Å²) in [5, 5.41) is 9.09. The van der Waals surface area contributed by atoms with E-state index in [2.05, 4.69) is 15.7 Å². The highest BCUT2D eigenvalue weighted by Gasteiger charge is 2.23. The average molecular weight is 421 g/mol. The number of amides is 3. The maximum atomic E-state index is 12.3. The molecule has 2 N–H and O–H groups in total. The highest BCUT2D eigenvalue weighted by molar-refractivity contribution is 6.32. The van der Waals surface area contributed by atoms with E-state index in [4.69, 9.17) is 16.3 Å². The molecule has 0 radical (unpaired) electrons. The number of esters is 1. The summed E-state index contributed by atoms with van der Waals surface area (Å²) >= 11 is 6.22. The van der Waals surface area contributed by atoms with Crippen LogP contribution in [0.5, 0.6) is 0 Å². The number of hydrogen-bond acceptors (Lipinski definition) is 5. The van der Waals surface area contributed by atoms with E-state index in [-0.39, 0.29) is 16.6 Å². The number of urea groups is 1. The molecule has 0 bridgehead atoms. The van der Waals surface area contributed by atoms with Crippen molar-refractivity contribution in [3.05, 3.63) is 45.7 Å². The van der Waals surface area contributed by atoms with Crippen LogP contribution in [0, 0.1) is 26.7 Å². The van der Waals surface area contributed by atoms with Crippen molar-refractivity contribution >= 4 is 35.2 Å². The molecule has 2 aromatic rings. The Balaban J connectivity index is 1.91. The van der Waals surface area contributed by atoms with Crippen LogP contribution in [0.2, 0.25) is 5.15 Å². The lowest BCUT2D eigenvalue weighted by molar-refractivity contribution is -0.123. The number of rotatable bonds is 6. The molecule has 0 unspecified atom stereocenters. The van der Waals surface area contributed by atoms with Crippen LogP contribution in [0.4, 0.5) is 10.5 Å². The Morgan fingerprint density at radius 1 is 1.21 bits per heavy atom. The fraction of sp³-hybridized carbons (Fsp3) is 0.400. The summed E-state index contributed by atoms with van der Waals surface area (Å²) in [6, 6.07) is 4.79. The van der Waals surface area contributed by atoms with E-state index >= 15 is 0 Å². The van der Waals surface area contributed by atoms with Crippen LogP contribution in [0.1, 0.15) is 41.0 Å². The second kappa shape index (κ2) is 9.56. The first kappa shape index (κ1) is 22.4. The largest absolute Gasteiger partial charge is 0.452 e. The van der Waals surface area contributed by atoms with E-state index < -0.39 is 24.5 Å². The van der Waals surface area contributed by atoms with Crippen molar-refractivity contribution in [1.82, 2.24) is 15.1 Å². The standard InChI is InChI=1S/C20H25ClN4O4/c1-11(2)9-25-18(21)17(14(5)24-25)19(27)29-10-16(26)23-20(28)22-15-7-6-12(3)8-13(15)4/h6-8,11H,9-10H2,1-5H3,(H2,22,23,26,28). The van der Waals surface area contributed by atoms with E-state index in [1.54, 1.807) is 13.0 Å². The summed E-state index contributed by atoms with van der Waals surface area (Å²) in [6.07, 6.45) is 0. The van der Waals surface area contributed by atoms with Gasteiger partial charge in [0.2, 0.25) is 0 Å². The van der Waals surface area contributed by atoms with Gasteiger partial charge < -0.3 is 10.1 Å². The molecular formula is C20H25ClN4O4. The van der Waals surface area contributed by atoms with Crippen molar-refractivity contribution in [3.63, 3.8) is 0 Å². The fourth-order valence-corrected chi connectivity index (χ4v) is 3.05. The lowest BCUT2D eigenvalue weighted by atomic mass is 10.1. The van der Waals surface area contributed by atoms with Crippen molar-refractivity contribution < 1.29 is 19.1 Å². The highest BCUT2D eigenvalue weighted by atomic mass is 35.5. The Morgan fingerprint density at radius 2 is 1.90 bits per heavy atom. The number of aromatic nitrogens is 2. The molecule has 156 valence electrons. The van der Waals surface area contributed by atoms with E-state index in [1.807, 2.05) is 39.8 Å². The zero-order valence-electron chi connectivity index (χ0n) is 17.1. The van der Waals surface area contributed by atoms with Gasteiger partial charge in [0, 0.05) is 12.2 Å². The van der Waals surface area contributed by atoms with Crippen molar-refractivity contribution in [2.75, 3.05) is 11.9 Å². The highest BCUT2D eigenvalue weighted by Crippen LogP contribution is 2.22. The minimum Gasteiger partial charge on any atom is -0.452 e. The molecule has 1 aromatic heterocycles. The van der Waals surface area contributed by atoms with Crippen LogP contribution in [0.15, 0.2) is 18.2 Å². The summed E-state index contributed by atoms with van der Waals surface area (Å²) < 4.78 is 6.52. The molecule has 2 rings (SSSR count). The third-order valence-corrected chi connectivity index (χ3v) is 4.41. The predicted octanol–water partition coefficient (Wildman–Crippen LogP) is 3.62. The number of aryl methyl sites for hydroxylation is 3. The first-order valence-electron chi connectivity index (χ1n) is 9.16. The third kappa shape index (κ3) is 6.05. The van der Waals surface area contributed by atoms with Gasteiger partial charge in [-0.3, -0.25) is 14.8 Å². The van der Waals surface area contributed by atoms with E-state index in [9.17, 15) is 14.4 Å². The average Bonchev–Trinajstić information content (AvgIpc) is 2.88. The summed E-state index contributed by atoms with van der Waals surface area (Å²) in [4.78, 5) is 36.2. The number of imide groups is 1. The lowest BCUT2D eigenvalue weighted by Crippen LogP contribution is -2.37. The number of ether oxygens (including phenoxy) is 1. The quantitative estimate of drug-likeness (QED) is 0.695. The number of nitrogens with one attached hydrogen (secondary N) is 2. The molecule has 0 aliphatic heterocycles. The molecule has 0 atom stereocenters. The molecule has 0 fully saturated rings.